The monoisotopic (exact) mass is 248 g/mol. The zero-order valence-electron chi connectivity index (χ0n) is 11.7. The second-order valence-corrected chi connectivity index (χ2v) is 6.09. The minimum atomic E-state index is 0.433. The van der Waals surface area contributed by atoms with Crippen molar-refractivity contribution < 1.29 is 4.74 Å². The van der Waals surface area contributed by atoms with Crippen molar-refractivity contribution in [2.75, 3.05) is 25.9 Å². The van der Waals surface area contributed by atoms with Gasteiger partial charge in [-0.05, 0) is 42.5 Å². The molecule has 100 valence electrons. The molecule has 1 aliphatic heterocycles. The van der Waals surface area contributed by atoms with E-state index in [1.165, 1.54) is 24.9 Å². The van der Waals surface area contributed by atoms with Gasteiger partial charge in [-0.1, -0.05) is 13.8 Å². The van der Waals surface area contributed by atoms with Crippen molar-refractivity contribution in [3.05, 3.63) is 23.8 Å². The maximum absolute atomic E-state index is 5.89. The summed E-state index contributed by atoms with van der Waals surface area (Å²) in [6.45, 7) is 7.99. The number of nitrogen functional groups attached to an aromatic ring is 1. The van der Waals surface area contributed by atoms with Gasteiger partial charge in [0.15, 0.2) is 0 Å². The zero-order chi connectivity index (χ0) is 13.2. The minimum absolute atomic E-state index is 0.433. The van der Waals surface area contributed by atoms with Crippen LogP contribution in [0.5, 0.6) is 5.75 Å². The normalized spacial score (nSPS) is 19.7. The third-order valence-electron chi connectivity index (χ3n) is 3.61. The van der Waals surface area contributed by atoms with Crippen LogP contribution < -0.4 is 10.5 Å². The standard InChI is InChI=1S/C15H24N2O/c1-15(2)5-4-6-17(11-15)10-12-7-13(16)9-14(8-12)18-3/h7-9H,4-6,10-11,16H2,1-3H3. The molecule has 18 heavy (non-hydrogen) atoms. The van der Waals surface area contributed by atoms with E-state index in [0.29, 0.717) is 5.41 Å². The van der Waals surface area contributed by atoms with E-state index in [9.17, 15) is 0 Å². The van der Waals surface area contributed by atoms with Crippen LogP contribution in [0.15, 0.2) is 18.2 Å². The van der Waals surface area contributed by atoms with E-state index in [-0.39, 0.29) is 0 Å². The summed E-state index contributed by atoms with van der Waals surface area (Å²) in [5.74, 6) is 0.848. The second kappa shape index (κ2) is 5.19. The van der Waals surface area contributed by atoms with Gasteiger partial charge in [0.25, 0.3) is 0 Å². The number of rotatable bonds is 3. The highest BCUT2D eigenvalue weighted by Crippen LogP contribution is 2.30. The number of likely N-dealkylation sites (tertiary alicyclic amines) is 1. The average molecular weight is 248 g/mol. The van der Waals surface area contributed by atoms with Crippen molar-refractivity contribution in [3.63, 3.8) is 0 Å². The van der Waals surface area contributed by atoms with Crippen molar-refractivity contribution in [1.82, 2.24) is 4.90 Å². The Hall–Kier alpha value is -1.22. The summed E-state index contributed by atoms with van der Waals surface area (Å²) in [7, 11) is 1.68. The molecule has 1 saturated heterocycles. The summed E-state index contributed by atoms with van der Waals surface area (Å²) in [6, 6.07) is 5.99. The number of hydrogen-bond acceptors (Lipinski definition) is 3. The summed E-state index contributed by atoms with van der Waals surface area (Å²) >= 11 is 0. The van der Waals surface area contributed by atoms with E-state index in [4.69, 9.17) is 10.5 Å². The molecule has 0 spiro atoms. The Morgan fingerprint density at radius 3 is 2.78 bits per heavy atom. The van der Waals surface area contributed by atoms with Crippen LogP contribution in [0.4, 0.5) is 5.69 Å². The lowest BCUT2D eigenvalue weighted by atomic mass is 9.84. The van der Waals surface area contributed by atoms with Gasteiger partial charge in [-0.3, -0.25) is 4.90 Å². The molecule has 0 aromatic heterocycles. The number of hydrogen-bond donors (Lipinski definition) is 1. The highest BCUT2D eigenvalue weighted by atomic mass is 16.5. The Morgan fingerprint density at radius 2 is 2.11 bits per heavy atom. The van der Waals surface area contributed by atoms with E-state index in [2.05, 4.69) is 24.8 Å². The van der Waals surface area contributed by atoms with Gasteiger partial charge in [0.2, 0.25) is 0 Å². The molecule has 0 atom stereocenters. The molecule has 2 N–H and O–H groups in total. The molecule has 0 radical (unpaired) electrons. The first kappa shape index (κ1) is 13.2. The lowest BCUT2D eigenvalue weighted by Crippen LogP contribution is -2.39. The van der Waals surface area contributed by atoms with Gasteiger partial charge in [0, 0.05) is 24.8 Å². The molecule has 1 aromatic rings. The Morgan fingerprint density at radius 1 is 1.33 bits per heavy atom. The van der Waals surface area contributed by atoms with Crippen molar-refractivity contribution >= 4 is 5.69 Å². The molecule has 1 fully saturated rings. The molecule has 0 saturated carbocycles. The van der Waals surface area contributed by atoms with Crippen LogP contribution in [0, 0.1) is 5.41 Å². The third-order valence-corrected chi connectivity index (χ3v) is 3.61. The summed E-state index contributed by atoms with van der Waals surface area (Å²) in [6.07, 6.45) is 2.61. The second-order valence-electron chi connectivity index (χ2n) is 6.09. The first-order chi connectivity index (χ1) is 8.48. The van der Waals surface area contributed by atoms with Crippen LogP contribution in [-0.2, 0) is 6.54 Å². The third kappa shape index (κ3) is 3.39. The Kier molecular flexibility index (Phi) is 3.81. The molecule has 0 aliphatic carbocycles. The van der Waals surface area contributed by atoms with E-state index < -0.39 is 0 Å². The number of methoxy groups -OCH3 is 1. The lowest BCUT2D eigenvalue weighted by molar-refractivity contribution is 0.111. The molecule has 2 rings (SSSR count). The van der Waals surface area contributed by atoms with E-state index >= 15 is 0 Å². The molecular formula is C15H24N2O. The summed E-state index contributed by atoms with van der Waals surface area (Å²) < 4.78 is 5.27. The Balaban J connectivity index is 2.07. The van der Waals surface area contributed by atoms with Crippen LogP contribution >= 0.6 is 0 Å². The van der Waals surface area contributed by atoms with Gasteiger partial charge in [0.1, 0.15) is 5.75 Å². The fourth-order valence-electron chi connectivity index (χ4n) is 2.83. The van der Waals surface area contributed by atoms with Crippen LogP contribution in [0.25, 0.3) is 0 Å². The van der Waals surface area contributed by atoms with Gasteiger partial charge in [0.05, 0.1) is 7.11 Å². The summed E-state index contributed by atoms with van der Waals surface area (Å²) in [4.78, 5) is 2.51. The SMILES string of the molecule is COc1cc(N)cc(CN2CCCC(C)(C)C2)c1. The van der Waals surface area contributed by atoms with Crippen LogP contribution in [0.2, 0.25) is 0 Å². The van der Waals surface area contributed by atoms with Crippen molar-refractivity contribution in [3.8, 4) is 5.75 Å². The van der Waals surface area contributed by atoms with Crippen molar-refractivity contribution in [2.45, 2.75) is 33.2 Å². The molecular weight excluding hydrogens is 224 g/mol. The number of piperidine rings is 1. The first-order valence-corrected chi connectivity index (χ1v) is 6.64. The van der Waals surface area contributed by atoms with Gasteiger partial charge in [-0.2, -0.15) is 0 Å². The molecule has 0 bridgehead atoms. The van der Waals surface area contributed by atoms with E-state index in [0.717, 1.165) is 24.5 Å². The number of nitrogens with two attached hydrogens (primary N) is 1. The maximum atomic E-state index is 5.89. The van der Waals surface area contributed by atoms with E-state index in [1.54, 1.807) is 7.11 Å². The predicted molar refractivity (Wildman–Crippen MR) is 75.7 cm³/mol. The average Bonchev–Trinajstić information content (AvgIpc) is 2.26. The van der Waals surface area contributed by atoms with Crippen LogP contribution in [0.1, 0.15) is 32.3 Å². The van der Waals surface area contributed by atoms with Crippen LogP contribution in [-0.4, -0.2) is 25.1 Å². The molecule has 0 unspecified atom stereocenters. The van der Waals surface area contributed by atoms with Gasteiger partial charge >= 0.3 is 0 Å². The largest absolute Gasteiger partial charge is 0.497 e. The molecule has 1 aliphatic rings. The number of anilines is 1. The highest BCUT2D eigenvalue weighted by molar-refractivity contribution is 5.47. The molecule has 3 heteroatoms. The molecule has 1 aromatic carbocycles. The summed E-state index contributed by atoms with van der Waals surface area (Å²) in [5, 5.41) is 0. The van der Waals surface area contributed by atoms with Gasteiger partial charge < -0.3 is 10.5 Å². The van der Waals surface area contributed by atoms with Crippen LogP contribution in [0.3, 0.4) is 0 Å². The minimum Gasteiger partial charge on any atom is -0.497 e. The van der Waals surface area contributed by atoms with Crippen molar-refractivity contribution in [1.29, 1.82) is 0 Å². The smallest absolute Gasteiger partial charge is 0.121 e. The van der Waals surface area contributed by atoms with E-state index in [1.807, 2.05) is 12.1 Å². The van der Waals surface area contributed by atoms with Crippen molar-refractivity contribution in [2.24, 2.45) is 5.41 Å². The molecule has 1 heterocycles. The maximum Gasteiger partial charge on any atom is 0.121 e. The zero-order valence-corrected chi connectivity index (χ0v) is 11.7. The van der Waals surface area contributed by atoms with Gasteiger partial charge in [-0.25, -0.2) is 0 Å². The fourth-order valence-corrected chi connectivity index (χ4v) is 2.83. The molecule has 3 nitrogen and oxygen atoms in total. The topological polar surface area (TPSA) is 38.5 Å². The molecule has 0 amide bonds. The summed E-state index contributed by atoms with van der Waals surface area (Å²) in [5.41, 5.74) is 8.35. The fraction of sp³-hybridized carbons (Fsp3) is 0.600. The number of ether oxygens (including phenoxy) is 1. The first-order valence-electron chi connectivity index (χ1n) is 6.64. The number of nitrogens with zero attached hydrogens (tertiary/aromatic N) is 1. The highest BCUT2D eigenvalue weighted by Gasteiger charge is 2.26. The Labute approximate surface area is 110 Å². The quantitative estimate of drug-likeness (QED) is 0.836. The Bertz CT molecular complexity index is 415. The number of benzene rings is 1. The predicted octanol–water partition coefficient (Wildman–Crippen LogP) is 2.90. The lowest BCUT2D eigenvalue weighted by Gasteiger charge is -2.38. The van der Waals surface area contributed by atoms with Gasteiger partial charge in [-0.15, -0.1) is 0 Å².